The van der Waals surface area contributed by atoms with Gasteiger partial charge in [-0.15, -0.1) is 0 Å². The number of ether oxygens (including phenoxy) is 1. The van der Waals surface area contributed by atoms with Crippen molar-refractivity contribution >= 4 is 25.6 Å². The Labute approximate surface area is 128 Å². The molecule has 7 heteroatoms. The van der Waals surface area contributed by atoms with Gasteiger partial charge in [-0.25, -0.2) is 8.42 Å². The third kappa shape index (κ3) is 3.01. The van der Waals surface area contributed by atoms with E-state index in [0.29, 0.717) is 17.2 Å². The molecule has 1 saturated carbocycles. The number of rotatable bonds is 4. The lowest BCUT2D eigenvalue weighted by Crippen LogP contribution is -2.34. The van der Waals surface area contributed by atoms with Gasteiger partial charge in [0.05, 0.1) is 4.90 Å². The predicted molar refractivity (Wildman–Crippen MR) is 78.1 cm³/mol. The Morgan fingerprint density at radius 3 is 2.76 bits per heavy atom. The Hall–Kier alpha value is -1.27. The van der Waals surface area contributed by atoms with E-state index >= 15 is 0 Å². The lowest BCUT2D eigenvalue weighted by molar-refractivity contribution is -0.131. The van der Waals surface area contributed by atoms with Gasteiger partial charge >= 0.3 is 0 Å². The zero-order valence-corrected chi connectivity index (χ0v) is 13.2. The van der Waals surface area contributed by atoms with Crippen molar-refractivity contribution in [3.05, 3.63) is 23.8 Å². The lowest BCUT2D eigenvalue weighted by atomic mass is 10.00. The molecule has 21 heavy (non-hydrogen) atoms. The number of likely N-dealkylation sites (N-methyl/N-ethyl adjacent to an activating group) is 1. The Bertz CT molecular complexity index is 684. The first-order valence-electron chi connectivity index (χ1n) is 6.82. The van der Waals surface area contributed by atoms with Crippen LogP contribution in [-0.4, -0.2) is 39.4 Å². The topological polar surface area (TPSA) is 63.7 Å². The molecule has 1 heterocycles. The van der Waals surface area contributed by atoms with Crippen LogP contribution in [0.3, 0.4) is 0 Å². The molecule has 3 rings (SSSR count). The third-order valence-corrected chi connectivity index (χ3v) is 5.30. The average Bonchev–Trinajstić information content (AvgIpc) is 3.13. The van der Waals surface area contributed by atoms with E-state index in [1.165, 1.54) is 25.0 Å². The summed E-state index contributed by atoms with van der Waals surface area (Å²) in [6.45, 7) is 0.993. The largest absolute Gasteiger partial charge is 0.492 e. The van der Waals surface area contributed by atoms with Crippen molar-refractivity contribution in [2.45, 2.75) is 23.7 Å². The van der Waals surface area contributed by atoms with Crippen molar-refractivity contribution in [2.24, 2.45) is 5.92 Å². The summed E-state index contributed by atoms with van der Waals surface area (Å²) in [6, 6.07) is 4.39. The number of nitrogens with zero attached hydrogens (tertiary/aromatic N) is 1. The molecule has 2 aliphatic rings. The average molecular weight is 330 g/mol. The van der Waals surface area contributed by atoms with Gasteiger partial charge in [-0.2, -0.15) is 0 Å². The molecule has 1 aromatic rings. The summed E-state index contributed by atoms with van der Waals surface area (Å²) < 4.78 is 28.3. The number of benzene rings is 1. The summed E-state index contributed by atoms with van der Waals surface area (Å²) in [5.41, 5.74) is 0.601. The van der Waals surface area contributed by atoms with Gasteiger partial charge in [0, 0.05) is 29.8 Å². The van der Waals surface area contributed by atoms with Gasteiger partial charge in [0.1, 0.15) is 18.3 Å². The van der Waals surface area contributed by atoms with E-state index in [9.17, 15) is 13.2 Å². The number of carbonyl (C=O) groups is 1. The summed E-state index contributed by atoms with van der Waals surface area (Å²) in [5.74, 6) is 0.666. The Balaban J connectivity index is 1.86. The molecule has 1 fully saturated rings. The number of halogens is 1. The predicted octanol–water partition coefficient (Wildman–Crippen LogP) is 1.96. The SMILES string of the molecule is CN(CC1CC1)C(=O)C1COc2ccc(S(=O)(=O)Cl)cc21. The van der Waals surface area contributed by atoms with Crippen LogP contribution in [0.5, 0.6) is 5.75 Å². The summed E-state index contributed by atoms with van der Waals surface area (Å²) in [6.07, 6.45) is 2.34. The molecule has 0 aromatic heterocycles. The highest BCUT2D eigenvalue weighted by Gasteiger charge is 2.35. The second kappa shape index (κ2) is 5.18. The molecule has 0 radical (unpaired) electrons. The van der Waals surface area contributed by atoms with Crippen molar-refractivity contribution < 1.29 is 17.9 Å². The Kier molecular flexibility index (Phi) is 3.61. The zero-order valence-electron chi connectivity index (χ0n) is 11.6. The number of carbonyl (C=O) groups excluding carboxylic acids is 1. The van der Waals surface area contributed by atoms with Crippen LogP contribution < -0.4 is 4.74 Å². The van der Waals surface area contributed by atoms with Gasteiger partial charge in [-0.05, 0) is 37.0 Å². The maximum absolute atomic E-state index is 12.5. The van der Waals surface area contributed by atoms with Crippen LogP contribution in [0.1, 0.15) is 24.3 Å². The summed E-state index contributed by atoms with van der Waals surface area (Å²) in [5, 5.41) is 0. The quantitative estimate of drug-likeness (QED) is 0.792. The molecule has 1 amide bonds. The van der Waals surface area contributed by atoms with Crippen molar-refractivity contribution in [1.29, 1.82) is 0 Å². The van der Waals surface area contributed by atoms with E-state index in [2.05, 4.69) is 0 Å². The number of amides is 1. The smallest absolute Gasteiger partial charge is 0.261 e. The lowest BCUT2D eigenvalue weighted by Gasteiger charge is -2.20. The molecule has 1 aliphatic heterocycles. The van der Waals surface area contributed by atoms with Crippen molar-refractivity contribution in [1.82, 2.24) is 4.90 Å². The van der Waals surface area contributed by atoms with Crippen LogP contribution in [0.2, 0.25) is 0 Å². The maximum atomic E-state index is 12.5. The van der Waals surface area contributed by atoms with Crippen LogP contribution >= 0.6 is 10.7 Å². The number of hydrogen-bond donors (Lipinski definition) is 0. The minimum absolute atomic E-state index is 0.00365. The molecule has 1 aromatic carbocycles. The van der Waals surface area contributed by atoms with Gasteiger partial charge < -0.3 is 9.64 Å². The summed E-state index contributed by atoms with van der Waals surface area (Å²) >= 11 is 0. The van der Waals surface area contributed by atoms with Gasteiger partial charge in [-0.3, -0.25) is 4.79 Å². The molecular weight excluding hydrogens is 314 g/mol. The molecule has 5 nitrogen and oxygen atoms in total. The van der Waals surface area contributed by atoms with Crippen molar-refractivity contribution in [2.75, 3.05) is 20.2 Å². The molecular formula is C14H16ClNO4S. The summed E-state index contributed by atoms with van der Waals surface area (Å²) in [7, 11) is 3.33. The Morgan fingerprint density at radius 1 is 1.43 bits per heavy atom. The number of fused-ring (bicyclic) bond motifs is 1. The van der Waals surface area contributed by atoms with E-state index in [0.717, 1.165) is 6.54 Å². The van der Waals surface area contributed by atoms with Crippen LogP contribution in [0.15, 0.2) is 23.1 Å². The van der Waals surface area contributed by atoms with E-state index in [1.807, 2.05) is 0 Å². The highest BCUT2D eigenvalue weighted by molar-refractivity contribution is 8.13. The molecule has 0 spiro atoms. The molecule has 0 N–H and O–H groups in total. The van der Waals surface area contributed by atoms with E-state index < -0.39 is 15.0 Å². The van der Waals surface area contributed by atoms with Gasteiger partial charge in [-0.1, -0.05) is 0 Å². The van der Waals surface area contributed by atoms with Gasteiger partial charge in [0.25, 0.3) is 9.05 Å². The van der Waals surface area contributed by atoms with E-state index in [1.54, 1.807) is 18.0 Å². The fraction of sp³-hybridized carbons (Fsp3) is 0.500. The monoisotopic (exact) mass is 329 g/mol. The van der Waals surface area contributed by atoms with Gasteiger partial charge in [0.15, 0.2) is 0 Å². The fourth-order valence-corrected chi connectivity index (χ4v) is 3.38. The molecule has 114 valence electrons. The minimum atomic E-state index is -3.81. The van der Waals surface area contributed by atoms with Gasteiger partial charge in [0.2, 0.25) is 5.91 Å². The minimum Gasteiger partial charge on any atom is -0.492 e. The first-order chi connectivity index (χ1) is 9.86. The first kappa shape index (κ1) is 14.7. The van der Waals surface area contributed by atoms with E-state index in [4.69, 9.17) is 15.4 Å². The highest BCUT2D eigenvalue weighted by atomic mass is 35.7. The molecule has 1 aliphatic carbocycles. The molecule has 0 bridgehead atoms. The fourth-order valence-electron chi connectivity index (χ4n) is 2.59. The molecule has 0 saturated heterocycles. The Morgan fingerprint density at radius 2 is 2.14 bits per heavy atom. The normalized spacial score (nSPS) is 20.8. The van der Waals surface area contributed by atoms with Crippen LogP contribution in [0.25, 0.3) is 0 Å². The molecule has 1 unspecified atom stereocenters. The van der Waals surface area contributed by atoms with Crippen molar-refractivity contribution in [3.63, 3.8) is 0 Å². The zero-order chi connectivity index (χ0) is 15.2. The second-order valence-corrected chi connectivity index (χ2v) is 8.23. The van der Waals surface area contributed by atoms with Crippen LogP contribution in [0, 0.1) is 5.92 Å². The molecule has 1 atom stereocenters. The van der Waals surface area contributed by atoms with E-state index in [-0.39, 0.29) is 17.4 Å². The van der Waals surface area contributed by atoms with Crippen LogP contribution in [-0.2, 0) is 13.8 Å². The summed E-state index contributed by atoms with van der Waals surface area (Å²) in [4.78, 5) is 14.2. The van der Waals surface area contributed by atoms with Crippen molar-refractivity contribution in [3.8, 4) is 5.75 Å². The second-order valence-electron chi connectivity index (χ2n) is 5.66. The maximum Gasteiger partial charge on any atom is 0.261 e. The standard InChI is InChI=1S/C14H16ClNO4S/c1-16(7-9-2-3-9)14(17)12-8-20-13-5-4-10(6-11(12)13)21(15,18)19/h4-6,9,12H,2-3,7-8H2,1H3. The van der Waals surface area contributed by atoms with Crippen LogP contribution in [0.4, 0.5) is 0 Å². The highest BCUT2D eigenvalue weighted by Crippen LogP contribution is 2.38. The first-order valence-corrected chi connectivity index (χ1v) is 9.13. The third-order valence-electron chi connectivity index (χ3n) is 3.95. The number of hydrogen-bond acceptors (Lipinski definition) is 4.